The molecule has 0 spiro atoms. The third-order valence-electron chi connectivity index (χ3n) is 3.27. The topological polar surface area (TPSA) is 56.1 Å². The van der Waals surface area contributed by atoms with Crippen molar-refractivity contribution in [2.24, 2.45) is 7.05 Å². The summed E-state index contributed by atoms with van der Waals surface area (Å²) in [7, 11) is 3.93. The van der Waals surface area contributed by atoms with Crippen molar-refractivity contribution in [3.63, 3.8) is 0 Å². The van der Waals surface area contributed by atoms with Gasteiger partial charge in [0.15, 0.2) is 5.82 Å². The number of rotatable bonds is 2. The molecule has 6 nitrogen and oxygen atoms in total. The molecule has 1 fully saturated rings. The summed E-state index contributed by atoms with van der Waals surface area (Å²) in [6.07, 6.45) is 3.52. The van der Waals surface area contributed by atoms with E-state index < -0.39 is 0 Å². The maximum atomic E-state index is 6.11. The Bertz CT molecular complexity index is 615. The van der Waals surface area contributed by atoms with Crippen LogP contribution in [0.25, 0.3) is 11.3 Å². The molecule has 1 saturated heterocycles. The molecule has 7 heteroatoms. The molecule has 3 heterocycles. The van der Waals surface area contributed by atoms with Gasteiger partial charge in [0.2, 0.25) is 0 Å². The molecule has 0 aromatic carbocycles. The maximum absolute atomic E-state index is 6.11. The molecule has 0 bridgehead atoms. The first-order valence-corrected chi connectivity index (χ1v) is 6.83. The number of aromatic nitrogens is 4. The van der Waals surface area contributed by atoms with Crippen LogP contribution in [0.3, 0.4) is 0 Å². The molecule has 0 saturated carbocycles. The normalized spacial score (nSPS) is 20.2. The number of hydrogen-bond acceptors (Lipinski definition) is 5. The molecule has 0 N–H and O–H groups in total. The van der Waals surface area contributed by atoms with Crippen LogP contribution in [0.5, 0.6) is 0 Å². The molecule has 106 valence electrons. The fourth-order valence-electron chi connectivity index (χ4n) is 2.21. The molecule has 1 aliphatic heterocycles. The van der Waals surface area contributed by atoms with E-state index in [4.69, 9.17) is 16.3 Å². The molecule has 1 atom stereocenters. The van der Waals surface area contributed by atoms with E-state index in [9.17, 15) is 0 Å². The van der Waals surface area contributed by atoms with E-state index in [1.807, 2.05) is 13.2 Å². The molecular weight excluding hydrogens is 278 g/mol. The lowest BCUT2D eigenvalue weighted by atomic mass is 10.2. The molecule has 2 aromatic heterocycles. The van der Waals surface area contributed by atoms with Crippen LogP contribution in [0.1, 0.15) is 11.9 Å². The lowest BCUT2D eigenvalue weighted by Gasteiger charge is -2.29. The van der Waals surface area contributed by atoms with Crippen molar-refractivity contribution < 1.29 is 4.74 Å². The quantitative estimate of drug-likeness (QED) is 0.786. The zero-order valence-electron chi connectivity index (χ0n) is 11.5. The minimum Gasteiger partial charge on any atom is -0.368 e. The molecule has 2 aromatic rings. The second kappa shape index (κ2) is 5.47. The maximum Gasteiger partial charge on any atom is 0.160 e. The third kappa shape index (κ3) is 2.82. The number of halogens is 1. The van der Waals surface area contributed by atoms with Crippen LogP contribution in [0, 0.1) is 0 Å². The SMILES string of the molecule is CN1CCOC(c2nc(Cl)cc(-c3cnn(C)c3)n2)C1. The first kappa shape index (κ1) is 13.5. The van der Waals surface area contributed by atoms with Crippen molar-refractivity contribution >= 4 is 11.6 Å². The Morgan fingerprint density at radius 3 is 2.90 bits per heavy atom. The molecule has 0 aliphatic carbocycles. The highest BCUT2D eigenvalue weighted by atomic mass is 35.5. The summed E-state index contributed by atoms with van der Waals surface area (Å²) < 4.78 is 7.47. The summed E-state index contributed by atoms with van der Waals surface area (Å²) in [5.41, 5.74) is 1.69. The molecular formula is C13H16ClN5O. The van der Waals surface area contributed by atoms with Crippen molar-refractivity contribution in [1.29, 1.82) is 0 Å². The molecule has 1 unspecified atom stereocenters. The highest BCUT2D eigenvalue weighted by Gasteiger charge is 2.23. The lowest BCUT2D eigenvalue weighted by molar-refractivity contribution is -0.0254. The van der Waals surface area contributed by atoms with Crippen molar-refractivity contribution in [3.05, 3.63) is 29.4 Å². The minimum atomic E-state index is -0.136. The summed E-state index contributed by atoms with van der Waals surface area (Å²) in [6, 6.07) is 1.74. The summed E-state index contributed by atoms with van der Waals surface area (Å²) in [6.45, 7) is 2.37. The number of ether oxygens (including phenoxy) is 1. The first-order chi connectivity index (χ1) is 9.61. The standard InChI is InChI=1S/C13H16ClN5O/c1-18-3-4-20-11(8-18)13-16-10(5-12(14)17-13)9-6-15-19(2)7-9/h5-7,11H,3-4,8H2,1-2H3. The second-order valence-corrected chi connectivity index (χ2v) is 5.35. The van der Waals surface area contributed by atoms with E-state index in [1.54, 1.807) is 16.9 Å². The summed E-state index contributed by atoms with van der Waals surface area (Å²) in [4.78, 5) is 11.1. The highest BCUT2D eigenvalue weighted by Crippen LogP contribution is 2.24. The fourth-order valence-corrected chi connectivity index (χ4v) is 2.40. The largest absolute Gasteiger partial charge is 0.368 e. The highest BCUT2D eigenvalue weighted by molar-refractivity contribution is 6.29. The zero-order chi connectivity index (χ0) is 14.1. The summed E-state index contributed by atoms with van der Waals surface area (Å²) in [5.74, 6) is 0.628. The van der Waals surface area contributed by atoms with Crippen molar-refractivity contribution in [2.45, 2.75) is 6.10 Å². The Kier molecular flexibility index (Phi) is 3.69. The fraction of sp³-hybridized carbons (Fsp3) is 0.462. The van der Waals surface area contributed by atoms with Gasteiger partial charge in [0.1, 0.15) is 11.3 Å². The number of morpholine rings is 1. The number of likely N-dealkylation sites (N-methyl/N-ethyl adjacent to an activating group) is 1. The van der Waals surface area contributed by atoms with Crippen molar-refractivity contribution in [3.8, 4) is 11.3 Å². The molecule has 1 aliphatic rings. The van der Waals surface area contributed by atoms with Gasteiger partial charge in [0.05, 0.1) is 18.5 Å². The van der Waals surface area contributed by atoms with Gasteiger partial charge in [-0.05, 0) is 7.05 Å². The van der Waals surface area contributed by atoms with E-state index in [0.717, 1.165) is 24.3 Å². The Balaban J connectivity index is 1.94. The van der Waals surface area contributed by atoms with Crippen LogP contribution in [0.15, 0.2) is 18.5 Å². The summed E-state index contributed by atoms with van der Waals surface area (Å²) in [5, 5.41) is 4.57. The lowest BCUT2D eigenvalue weighted by Crippen LogP contribution is -2.36. The van der Waals surface area contributed by atoms with Gasteiger partial charge in [0.25, 0.3) is 0 Å². The van der Waals surface area contributed by atoms with Gasteiger partial charge in [0, 0.05) is 38.0 Å². The third-order valence-corrected chi connectivity index (χ3v) is 3.46. The average Bonchev–Trinajstić information content (AvgIpc) is 2.85. The molecule has 0 amide bonds. The van der Waals surface area contributed by atoms with E-state index in [2.05, 4.69) is 27.0 Å². The van der Waals surface area contributed by atoms with E-state index in [1.165, 1.54) is 0 Å². The van der Waals surface area contributed by atoms with Crippen LogP contribution in [0.4, 0.5) is 0 Å². The van der Waals surface area contributed by atoms with Gasteiger partial charge in [-0.2, -0.15) is 5.10 Å². The molecule has 0 radical (unpaired) electrons. The van der Waals surface area contributed by atoms with Gasteiger partial charge < -0.3 is 9.64 Å². The van der Waals surface area contributed by atoms with Gasteiger partial charge in [-0.1, -0.05) is 11.6 Å². The Morgan fingerprint density at radius 1 is 1.35 bits per heavy atom. The first-order valence-electron chi connectivity index (χ1n) is 6.45. The Labute approximate surface area is 122 Å². The summed E-state index contributed by atoms with van der Waals surface area (Å²) >= 11 is 6.11. The van der Waals surface area contributed by atoms with E-state index in [-0.39, 0.29) is 6.10 Å². The van der Waals surface area contributed by atoms with Gasteiger partial charge in [-0.15, -0.1) is 0 Å². The number of nitrogens with zero attached hydrogens (tertiary/aromatic N) is 5. The van der Waals surface area contributed by atoms with Gasteiger partial charge in [-0.3, -0.25) is 4.68 Å². The molecule has 3 rings (SSSR count). The minimum absolute atomic E-state index is 0.136. The van der Waals surface area contributed by atoms with Gasteiger partial charge >= 0.3 is 0 Å². The number of aryl methyl sites for hydroxylation is 1. The zero-order valence-corrected chi connectivity index (χ0v) is 12.2. The number of hydrogen-bond donors (Lipinski definition) is 0. The average molecular weight is 294 g/mol. The smallest absolute Gasteiger partial charge is 0.160 e. The monoisotopic (exact) mass is 293 g/mol. The Hall–Kier alpha value is -1.50. The van der Waals surface area contributed by atoms with Crippen LogP contribution in [-0.2, 0) is 11.8 Å². The van der Waals surface area contributed by atoms with E-state index >= 15 is 0 Å². The second-order valence-electron chi connectivity index (χ2n) is 4.96. The Morgan fingerprint density at radius 2 is 2.20 bits per heavy atom. The van der Waals surface area contributed by atoms with E-state index in [0.29, 0.717) is 17.6 Å². The van der Waals surface area contributed by atoms with Crippen LogP contribution in [-0.4, -0.2) is 51.4 Å². The van der Waals surface area contributed by atoms with Gasteiger partial charge in [-0.25, -0.2) is 9.97 Å². The van der Waals surface area contributed by atoms with Crippen LogP contribution in [0.2, 0.25) is 5.15 Å². The van der Waals surface area contributed by atoms with Crippen molar-refractivity contribution in [1.82, 2.24) is 24.6 Å². The molecule has 20 heavy (non-hydrogen) atoms. The van der Waals surface area contributed by atoms with Crippen LogP contribution < -0.4 is 0 Å². The van der Waals surface area contributed by atoms with Crippen LogP contribution >= 0.6 is 11.6 Å². The van der Waals surface area contributed by atoms with Crippen molar-refractivity contribution in [2.75, 3.05) is 26.7 Å². The predicted molar refractivity (Wildman–Crippen MR) is 75.4 cm³/mol. The predicted octanol–water partition coefficient (Wildman–Crippen LogP) is 1.53.